The Kier molecular flexibility index (Phi) is 9.70. The predicted molar refractivity (Wildman–Crippen MR) is 185 cm³/mol. The second-order valence-electron chi connectivity index (χ2n) is 15.2. The first-order valence-corrected chi connectivity index (χ1v) is 23.0. The number of hydrogen-bond donors (Lipinski definition) is 0. The number of fused-ring (bicyclic) bond motifs is 4. The molecule has 4 aliphatic carbocycles. The monoisotopic (exact) mass is 604 g/mol. The van der Waals surface area contributed by atoms with Crippen LogP contribution >= 0.6 is 14.5 Å². The Bertz CT molecular complexity index is 981. The van der Waals surface area contributed by atoms with Gasteiger partial charge in [-0.2, -0.15) is 0 Å². The first-order chi connectivity index (χ1) is 20.7. The fourth-order valence-corrected chi connectivity index (χ4v) is 22.9. The normalized spacial score (nSPS) is 26.7. The van der Waals surface area contributed by atoms with Crippen molar-refractivity contribution in [3.8, 4) is 0 Å². The van der Waals surface area contributed by atoms with E-state index in [1.165, 1.54) is 176 Å². The van der Waals surface area contributed by atoms with Crippen molar-refractivity contribution in [2.75, 3.05) is 0 Å². The molecule has 2 aromatic rings. The van der Waals surface area contributed by atoms with Gasteiger partial charge in [0, 0.05) is 14.5 Å². The third kappa shape index (κ3) is 6.30. The highest BCUT2D eigenvalue weighted by atomic mass is 31.2. The molecule has 0 amide bonds. The number of hydrogen-bond acceptors (Lipinski definition) is 2. The lowest BCUT2D eigenvalue weighted by molar-refractivity contribution is 0.475. The van der Waals surface area contributed by atoms with Gasteiger partial charge in [-0.05, 0) is 127 Å². The molecule has 0 N–H and O–H groups in total. The van der Waals surface area contributed by atoms with E-state index >= 15 is 0 Å². The molecule has 0 aromatic carbocycles. The molecule has 4 saturated carbocycles. The SMILES string of the molecule is c1cc2nc(c1)C[P+](C1CCCCC1)(C1CCCCC1)Cc1cccc(n1)C[P+](C1CCCCC1)(C1CCCCC1)C2. The molecular formula is C38H58N2P2+2. The van der Waals surface area contributed by atoms with Crippen molar-refractivity contribution in [1.82, 2.24) is 9.97 Å². The molecule has 4 bridgehead atoms. The lowest BCUT2D eigenvalue weighted by atomic mass is 9.99. The van der Waals surface area contributed by atoms with E-state index in [4.69, 9.17) is 9.97 Å². The van der Waals surface area contributed by atoms with Gasteiger partial charge in [-0.15, -0.1) is 0 Å². The highest BCUT2D eigenvalue weighted by Crippen LogP contribution is 2.77. The molecule has 2 aromatic heterocycles. The van der Waals surface area contributed by atoms with E-state index in [1.54, 1.807) is 0 Å². The Hall–Kier alpha value is -0.840. The summed E-state index contributed by atoms with van der Waals surface area (Å²) < 4.78 is 0. The summed E-state index contributed by atoms with van der Waals surface area (Å²) in [6.07, 6.45) is 34.4. The molecule has 3 heterocycles. The molecule has 0 saturated heterocycles. The second kappa shape index (κ2) is 13.7. The van der Waals surface area contributed by atoms with Gasteiger partial charge in [-0.1, -0.05) is 37.8 Å². The van der Waals surface area contributed by atoms with Crippen molar-refractivity contribution in [2.45, 2.75) is 176 Å². The molecule has 7 rings (SSSR count). The van der Waals surface area contributed by atoms with Crippen LogP contribution in [0, 0.1) is 0 Å². The second-order valence-corrected chi connectivity index (χ2v) is 23.8. The van der Waals surface area contributed by atoms with E-state index in [1.807, 2.05) is 0 Å². The van der Waals surface area contributed by atoms with E-state index in [9.17, 15) is 0 Å². The number of aromatic nitrogens is 2. The van der Waals surface area contributed by atoms with Crippen LogP contribution in [0.3, 0.4) is 0 Å². The van der Waals surface area contributed by atoms with Crippen molar-refractivity contribution in [3.63, 3.8) is 0 Å². The van der Waals surface area contributed by atoms with Crippen LogP contribution < -0.4 is 0 Å². The molecule has 2 nitrogen and oxygen atoms in total. The maximum absolute atomic E-state index is 5.75. The number of rotatable bonds is 4. The van der Waals surface area contributed by atoms with E-state index in [0.717, 1.165) is 22.6 Å². The summed E-state index contributed by atoms with van der Waals surface area (Å²) in [6.45, 7) is 0. The molecule has 0 atom stereocenters. The minimum atomic E-state index is -1.32. The van der Waals surface area contributed by atoms with Crippen LogP contribution in [-0.2, 0) is 24.6 Å². The highest BCUT2D eigenvalue weighted by molar-refractivity contribution is 7.76. The van der Waals surface area contributed by atoms with Crippen LogP contribution in [0.2, 0.25) is 0 Å². The van der Waals surface area contributed by atoms with Gasteiger partial charge in [-0.3, -0.25) is 9.97 Å². The van der Waals surface area contributed by atoms with E-state index in [0.29, 0.717) is 0 Å². The Labute approximate surface area is 258 Å². The first-order valence-electron chi connectivity index (χ1n) is 18.4. The van der Waals surface area contributed by atoms with Crippen LogP contribution in [-0.4, -0.2) is 32.6 Å². The summed E-state index contributed by atoms with van der Waals surface area (Å²) in [5.74, 6) is 0. The van der Waals surface area contributed by atoms with Gasteiger partial charge in [0.1, 0.15) is 24.6 Å². The lowest BCUT2D eigenvalue weighted by Gasteiger charge is -2.44. The van der Waals surface area contributed by atoms with Crippen molar-refractivity contribution in [2.24, 2.45) is 0 Å². The summed E-state index contributed by atoms with van der Waals surface area (Å²) in [5, 5.41) is 0. The maximum Gasteiger partial charge on any atom is 0.102 e. The van der Waals surface area contributed by atoms with Crippen LogP contribution in [0.1, 0.15) is 151 Å². The molecule has 0 spiro atoms. The van der Waals surface area contributed by atoms with Gasteiger partial charge in [0.05, 0.1) is 45.4 Å². The molecule has 0 unspecified atom stereocenters. The molecule has 1 aliphatic heterocycles. The maximum atomic E-state index is 5.75. The van der Waals surface area contributed by atoms with E-state index < -0.39 is 14.5 Å². The van der Waals surface area contributed by atoms with Crippen LogP contribution in [0.4, 0.5) is 0 Å². The van der Waals surface area contributed by atoms with Crippen LogP contribution in [0.15, 0.2) is 36.4 Å². The number of pyridine rings is 2. The largest absolute Gasteiger partial charge is 0.250 e. The smallest absolute Gasteiger partial charge is 0.102 e. The summed E-state index contributed by atoms with van der Waals surface area (Å²) in [7, 11) is -2.64. The minimum absolute atomic E-state index is 0.935. The third-order valence-electron chi connectivity index (χ3n) is 12.8. The fourth-order valence-electron chi connectivity index (χ4n) is 10.7. The molecule has 4 fully saturated rings. The average molecular weight is 605 g/mol. The first kappa shape index (κ1) is 29.8. The zero-order chi connectivity index (χ0) is 28.2. The Balaban J connectivity index is 1.34. The van der Waals surface area contributed by atoms with Crippen molar-refractivity contribution >= 4 is 14.5 Å². The lowest BCUT2D eigenvalue weighted by Crippen LogP contribution is -2.32. The molecule has 4 heteroatoms. The Morgan fingerprint density at radius 2 is 0.595 bits per heavy atom. The highest BCUT2D eigenvalue weighted by Gasteiger charge is 2.55. The topological polar surface area (TPSA) is 25.8 Å². The standard InChI is InChI=1S/C38H58N2P2/c1-5-19-35(20-6-1)41(36-21-7-2-8-22-36)27-31-15-13-17-33(39-31)29-42(37-23-9-3-10-24-37,38-25-11-4-12-26-38)30-34-18-14-16-32(28-41)40-34/h13-18,35-38H,1-12,19-30H2/q+2. The average Bonchev–Trinajstić information content (AvgIpc) is 3.06. The summed E-state index contributed by atoms with van der Waals surface area (Å²) in [6, 6.07) is 14.7. The predicted octanol–water partition coefficient (Wildman–Crippen LogP) is 11.6. The van der Waals surface area contributed by atoms with E-state index in [-0.39, 0.29) is 0 Å². The van der Waals surface area contributed by atoms with Gasteiger partial charge in [0.15, 0.2) is 0 Å². The van der Waals surface area contributed by atoms with E-state index in [2.05, 4.69) is 36.4 Å². The van der Waals surface area contributed by atoms with Crippen LogP contribution in [0.5, 0.6) is 0 Å². The van der Waals surface area contributed by atoms with Crippen molar-refractivity contribution in [1.29, 1.82) is 0 Å². The van der Waals surface area contributed by atoms with Gasteiger partial charge in [-0.25, -0.2) is 0 Å². The van der Waals surface area contributed by atoms with Crippen molar-refractivity contribution in [3.05, 3.63) is 59.2 Å². The Morgan fingerprint density at radius 3 is 0.833 bits per heavy atom. The zero-order valence-corrected chi connectivity index (χ0v) is 28.3. The van der Waals surface area contributed by atoms with Gasteiger partial charge < -0.3 is 0 Å². The molecule has 42 heavy (non-hydrogen) atoms. The zero-order valence-electron chi connectivity index (χ0n) is 26.5. The molecular weight excluding hydrogens is 546 g/mol. The quantitative estimate of drug-likeness (QED) is 0.325. The van der Waals surface area contributed by atoms with Crippen molar-refractivity contribution < 1.29 is 0 Å². The molecule has 0 radical (unpaired) electrons. The van der Waals surface area contributed by atoms with Gasteiger partial charge in [0.25, 0.3) is 0 Å². The third-order valence-corrected chi connectivity index (χ3v) is 24.3. The molecule has 228 valence electrons. The summed E-state index contributed by atoms with van der Waals surface area (Å²) in [4.78, 5) is 11.5. The fraction of sp³-hybridized carbons (Fsp3) is 0.737. The molecule has 5 aliphatic rings. The minimum Gasteiger partial charge on any atom is -0.250 e. The van der Waals surface area contributed by atoms with Gasteiger partial charge >= 0.3 is 0 Å². The Morgan fingerprint density at radius 1 is 0.357 bits per heavy atom. The number of nitrogens with zero attached hydrogens (tertiary/aromatic N) is 2. The summed E-state index contributed by atoms with van der Waals surface area (Å²) in [5.41, 5.74) is 9.62. The summed E-state index contributed by atoms with van der Waals surface area (Å²) >= 11 is 0. The van der Waals surface area contributed by atoms with Crippen LogP contribution in [0.25, 0.3) is 0 Å². The van der Waals surface area contributed by atoms with Gasteiger partial charge in [0.2, 0.25) is 0 Å².